The van der Waals surface area contributed by atoms with Crippen LogP contribution in [0.5, 0.6) is 5.75 Å². The van der Waals surface area contributed by atoms with Crippen molar-refractivity contribution in [3.63, 3.8) is 0 Å². The largest absolute Gasteiger partial charge is 0.493 e. The predicted octanol–water partition coefficient (Wildman–Crippen LogP) is 7.70. The summed E-state index contributed by atoms with van der Waals surface area (Å²) >= 11 is 0. The van der Waals surface area contributed by atoms with Gasteiger partial charge in [-0.15, -0.1) is 0 Å². The van der Waals surface area contributed by atoms with Crippen molar-refractivity contribution in [1.82, 2.24) is 4.57 Å². The molecule has 0 spiro atoms. The Kier molecular flexibility index (Phi) is 7.44. The minimum absolute atomic E-state index is 0.306. The van der Waals surface area contributed by atoms with Gasteiger partial charge in [-0.3, -0.25) is 0 Å². The third-order valence-corrected chi connectivity index (χ3v) is 8.10. The Morgan fingerprint density at radius 3 is 2.38 bits per heavy atom. The van der Waals surface area contributed by atoms with Crippen LogP contribution in [0.25, 0.3) is 10.9 Å². The van der Waals surface area contributed by atoms with Crippen molar-refractivity contribution < 1.29 is 14.3 Å². The van der Waals surface area contributed by atoms with E-state index >= 15 is 0 Å². The van der Waals surface area contributed by atoms with Crippen molar-refractivity contribution in [2.75, 3.05) is 24.6 Å². The van der Waals surface area contributed by atoms with Gasteiger partial charge < -0.3 is 18.9 Å². The fourth-order valence-corrected chi connectivity index (χ4v) is 6.13. The number of hydrogen-bond acceptors (Lipinski definition) is 4. The van der Waals surface area contributed by atoms with Crippen LogP contribution in [0, 0.1) is 12.8 Å². The molecule has 1 aromatic heterocycles. The molecule has 0 radical (unpaired) electrons. The molecule has 0 amide bonds. The summed E-state index contributed by atoms with van der Waals surface area (Å²) in [5.74, 6) is 0.972. The maximum atomic E-state index is 13.6. The number of cyclic esters (lactones) is 1. The molecule has 0 bridgehead atoms. The van der Waals surface area contributed by atoms with E-state index in [0.29, 0.717) is 18.1 Å². The van der Waals surface area contributed by atoms with Crippen LogP contribution in [-0.4, -0.2) is 30.2 Å². The zero-order valence-corrected chi connectivity index (χ0v) is 24.1. The number of anilines is 1. The number of fused-ring (bicyclic) bond motifs is 2. The minimum atomic E-state index is -1.13. The highest BCUT2D eigenvalue weighted by Gasteiger charge is 2.52. The number of nitrogens with zero attached hydrogens (tertiary/aromatic N) is 2. The normalized spacial score (nSPS) is 16.5. The Morgan fingerprint density at radius 1 is 0.949 bits per heavy atom. The SMILES string of the molecule is CCN(CC)c1ccc(C2(c3c(C)n(CC)c4ccccc34)OC(=O)c3ccccc32)c(OCCC(C)C)c1. The highest BCUT2D eigenvalue weighted by molar-refractivity contribution is 5.99. The molecule has 0 aliphatic carbocycles. The molecule has 2 heterocycles. The van der Waals surface area contributed by atoms with Crippen LogP contribution in [-0.2, 0) is 16.9 Å². The molecular formula is C34H40N2O3. The lowest BCUT2D eigenvalue weighted by Crippen LogP contribution is -2.31. The van der Waals surface area contributed by atoms with Gasteiger partial charge >= 0.3 is 5.97 Å². The number of benzene rings is 3. The van der Waals surface area contributed by atoms with E-state index in [1.54, 1.807) is 0 Å². The van der Waals surface area contributed by atoms with Gasteiger partial charge in [-0.05, 0) is 64.3 Å². The number of esters is 1. The van der Waals surface area contributed by atoms with Crippen LogP contribution in [0.2, 0.25) is 0 Å². The van der Waals surface area contributed by atoms with Crippen LogP contribution in [0.4, 0.5) is 5.69 Å². The van der Waals surface area contributed by atoms with Crippen molar-refractivity contribution in [3.05, 3.63) is 94.7 Å². The summed E-state index contributed by atoms with van der Waals surface area (Å²) in [7, 11) is 0. The molecule has 0 fully saturated rings. The van der Waals surface area contributed by atoms with Crippen LogP contribution in [0.15, 0.2) is 66.7 Å². The zero-order valence-electron chi connectivity index (χ0n) is 24.1. The number of ether oxygens (including phenoxy) is 2. The summed E-state index contributed by atoms with van der Waals surface area (Å²) in [6.07, 6.45) is 0.937. The second-order valence-corrected chi connectivity index (χ2v) is 10.7. The van der Waals surface area contributed by atoms with Gasteiger partial charge in [-0.1, -0.05) is 50.2 Å². The molecule has 1 aliphatic rings. The molecule has 5 heteroatoms. The smallest absolute Gasteiger partial charge is 0.340 e. The summed E-state index contributed by atoms with van der Waals surface area (Å²) in [5.41, 5.74) is 5.52. The van der Waals surface area contributed by atoms with E-state index < -0.39 is 5.60 Å². The van der Waals surface area contributed by atoms with Crippen LogP contribution >= 0.6 is 0 Å². The first-order chi connectivity index (χ1) is 18.9. The van der Waals surface area contributed by atoms with Crippen LogP contribution in [0.3, 0.4) is 0 Å². The second kappa shape index (κ2) is 10.8. The molecule has 0 saturated heterocycles. The third kappa shape index (κ3) is 4.38. The second-order valence-electron chi connectivity index (χ2n) is 10.7. The number of carbonyl (C=O) groups is 1. The van der Waals surface area contributed by atoms with Crippen molar-refractivity contribution in [2.24, 2.45) is 5.92 Å². The maximum absolute atomic E-state index is 13.6. The number of para-hydroxylation sites is 1. The van der Waals surface area contributed by atoms with E-state index in [-0.39, 0.29) is 5.97 Å². The van der Waals surface area contributed by atoms with Crippen molar-refractivity contribution in [1.29, 1.82) is 0 Å². The van der Waals surface area contributed by atoms with Crippen molar-refractivity contribution in [3.8, 4) is 5.75 Å². The molecule has 0 N–H and O–H groups in total. The summed E-state index contributed by atoms with van der Waals surface area (Å²) < 4.78 is 15.5. The zero-order chi connectivity index (χ0) is 27.7. The topological polar surface area (TPSA) is 43.7 Å². The first-order valence-corrected chi connectivity index (χ1v) is 14.3. The Balaban J connectivity index is 1.85. The highest BCUT2D eigenvalue weighted by Crippen LogP contribution is 2.53. The average molecular weight is 525 g/mol. The van der Waals surface area contributed by atoms with Crippen LogP contribution < -0.4 is 9.64 Å². The van der Waals surface area contributed by atoms with Gasteiger partial charge in [0.15, 0.2) is 5.60 Å². The average Bonchev–Trinajstić information content (AvgIpc) is 3.40. The molecule has 204 valence electrons. The summed E-state index contributed by atoms with van der Waals surface area (Å²) in [5, 5.41) is 1.09. The Morgan fingerprint density at radius 2 is 1.67 bits per heavy atom. The predicted molar refractivity (Wildman–Crippen MR) is 159 cm³/mol. The first-order valence-electron chi connectivity index (χ1n) is 14.3. The minimum Gasteiger partial charge on any atom is -0.493 e. The van der Waals surface area contributed by atoms with E-state index in [2.05, 4.69) is 93.5 Å². The van der Waals surface area contributed by atoms with E-state index in [9.17, 15) is 4.79 Å². The van der Waals surface area contributed by atoms with Gasteiger partial charge in [-0.2, -0.15) is 0 Å². The molecule has 1 unspecified atom stereocenters. The van der Waals surface area contributed by atoms with E-state index in [4.69, 9.17) is 9.47 Å². The van der Waals surface area contributed by atoms with Crippen LogP contribution in [0.1, 0.15) is 73.8 Å². The van der Waals surface area contributed by atoms with E-state index in [1.807, 2.05) is 24.3 Å². The molecule has 3 aromatic carbocycles. The lowest BCUT2D eigenvalue weighted by molar-refractivity contribution is 0.0245. The Bertz CT molecular complexity index is 1500. The quantitative estimate of drug-likeness (QED) is 0.199. The summed E-state index contributed by atoms with van der Waals surface area (Å²) in [6.45, 7) is 16.2. The van der Waals surface area contributed by atoms with Gasteiger partial charge in [0.2, 0.25) is 0 Å². The van der Waals surface area contributed by atoms with E-state index in [1.165, 1.54) is 0 Å². The fraction of sp³-hybridized carbons (Fsp3) is 0.382. The fourth-order valence-electron chi connectivity index (χ4n) is 6.13. The van der Waals surface area contributed by atoms with E-state index in [0.717, 1.165) is 70.8 Å². The molecule has 5 rings (SSSR count). The van der Waals surface area contributed by atoms with Gasteiger partial charge in [0.25, 0.3) is 0 Å². The molecular weight excluding hydrogens is 484 g/mol. The molecule has 5 nitrogen and oxygen atoms in total. The third-order valence-electron chi connectivity index (χ3n) is 8.10. The molecule has 0 saturated carbocycles. The molecule has 1 atom stereocenters. The number of carbonyl (C=O) groups excluding carboxylic acids is 1. The molecule has 1 aliphatic heterocycles. The monoisotopic (exact) mass is 524 g/mol. The Hall–Kier alpha value is -3.73. The van der Waals surface area contributed by atoms with Gasteiger partial charge in [0.1, 0.15) is 5.75 Å². The first kappa shape index (κ1) is 26.9. The standard InChI is InChI=1S/C34H40N2O3/c1-7-35(8-2)25-18-19-29(31(22-25)38-21-20-23(4)5)34(28-16-12-10-14-26(28)33(37)39-34)32-24(6)36(9-3)30-17-13-11-15-27(30)32/h10-19,22-23H,7-9,20-21H2,1-6H3. The number of aromatic nitrogens is 1. The highest BCUT2D eigenvalue weighted by atomic mass is 16.6. The number of hydrogen-bond donors (Lipinski definition) is 0. The Labute approximate surface area is 232 Å². The number of aryl methyl sites for hydroxylation is 1. The van der Waals surface area contributed by atoms with Crippen molar-refractivity contribution >= 4 is 22.6 Å². The van der Waals surface area contributed by atoms with Gasteiger partial charge in [0, 0.05) is 64.7 Å². The van der Waals surface area contributed by atoms with Crippen molar-refractivity contribution in [2.45, 2.75) is 60.1 Å². The summed E-state index contributed by atoms with van der Waals surface area (Å²) in [4.78, 5) is 15.9. The number of rotatable bonds is 10. The lowest BCUT2D eigenvalue weighted by atomic mass is 9.78. The van der Waals surface area contributed by atoms with Gasteiger partial charge in [0.05, 0.1) is 12.2 Å². The molecule has 39 heavy (non-hydrogen) atoms. The van der Waals surface area contributed by atoms with Gasteiger partial charge in [-0.25, -0.2) is 4.79 Å². The maximum Gasteiger partial charge on any atom is 0.340 e. The lowest BCUT2D eigenvalue weighted by Gasteiger charge is -2.33. The molecule has 4 aromatic rings. The summed E-state index contributed by atoms with van der Waals surface area (Å²) in [6, 6.07) is 22.6.